The molecule has 0 unspecified atom stereocenters. The Balaban J connectivity index is 2.89. The molecule has 0 radical (unpaired) electrons. The maximum atomic E-state index is 11.3. The lowest BCUT2D eigenvalue weighted by Crippen LogP contribution is -2.07. The Kier molecular flexibility index (Phi) is 4.90. The van der Waals surface area contributed by atoms with E-state index in [0.717, 1.165) is 0 Å². The van der Waals surface area contributed by atoms with E-state index in [0.29, 0.717) is 28.0 Å². The Morgan fingerprint density at radius 1 is 1.38 bits per heavy atom. The predicted molar refractivity (Wildman–Crippen MR) is 63.4 cm³/mol. The first-order valence-electron chi connectivity index (χ1n) is 4.76. The van der Waals surface area contributed by atoms with Gasteiger partial charge in [0.2, 0.25) is 0 Å². The molecule has 0 heterocycles. The van der Waals surface area contributed by atoms with E-state index in [1.165, 1.54) is 7.11 Å². The molecule has 1 aromatic carbocycles. The fraction of sp³-hybridized carbons (Fsp3) is 0.364. The summed E-state index contributed by atoms with van der Waals surface area (Å²) in [6.45, 7) is 2.12. The average molecular weight is 263 g/mol. The molecular weight excluding hydrogens is 251 g/mol. The molecule has 0 spiro atoms. The Morgan fingerprint density at radius 2 is 2.06 bits per heavy atom. The van der Waals surface area contributed by atoms with Gasteiger partial charge in [-0.1, -0.05) is 23.2 Å². The van der Waals surface area contributed by atoms with Crippen molar-refractivity contribution < 1.29 is 14.3 Å². The quantitative estimate of drug-likeness (QED) is 0.783. The Bertz CT molecular complexity index is 391. The summed E-state index contributed by atoms with van der Waals surface area (Å²) in [5.41, 5.74) is 0.713. The highest BCUT2D eigenvalue weighted by Gasteiger charge is 2.11. The van der Waals surface area contributed by atoms with Gasteiger partial charge in [-0.25, -0.2) is 0 Å². The number of carbonyl (C=O) groups excluding carboxylic acids is 1. The molecule has 3 nitrogen and oxygen atoms in total. The van der Waals surface area contributed by atoms with Crippen LogP contribution < -0.4 is 4.74 Å². The summed E-state index contributed by atoms with van der Waals surface area (Å²) < 4.78 is 9.87. The van der Waals surface area contributed by atoms with Gasteiger partial charge in [-0.3, -0.25) is 4.79 Å². The topological polar surface area (TPSA) is 35.5 Å². The number of esters is 1. The lowest BCUT2D eigenvalue weighted by atomic mass is 10.1. The van der Waals surface area contributed by atoms with E-state index in [4.69, 9.17) is 32.7 Å². The number of methoxy groups -OCH3 is 1. The maximum Gasteiger partial charge on any atom is 0.310 e. The molecule has 16 heavy (non-hydrogen) atoms. The van der Waals surface area contributed by atoms with Crippen LogP contribution in [0.3, 0.4) is 0 Å². The second kappa shape index (κ2) is 5.97. The van der Waals surface area contributed by atoms with Crippen molar-refractivity contribution in [2.75, 3.05) is 13.7 Å². The van der Waals surface area contributed by atoms with Crippen molar-refractivity contribution in [1.29, 1.82) is 0 Å². The van der Waals surface area contributed by atoms with Crippen LogP contribution >= 0.6 is 23.2 Å². The van der Waals surface area contributed by atoms with Gasteiger partial charge < -0.3 is 9.47 Å². The first-order chi connectivity index (χ1) is 7.58. The van der Waals surface area contributed by atoms with Crippen LogP contribution in [-0.2, 0) is 16.0 Å². The molecular formula is C11H12Cl2O3. The third-order valence-corrected chi connectivity index (χ3v) is 2.71. The van der Waals surface area contributed by atoms with Gasteiger partial charge in [0.25, 0.3) is 0 Å². The van der Waals surface area contributed by atoms with Crippen molar-refractivity contribution in [3.05, 3.63) is 27.7 Å². The van der Waals surface area contributed by atoms with Crippen LogP contribution in [0.25, 0.3) is 0 Å². The van der Waals surface area contributed by atoms with Crippen LogP contribution in [0.15, 0.2) is 12.1 Å². The molecule has 1 aromatic rings. The van der Waals surface area contributed by atoms with Gasteiger partial charge in [-0.2, -0.15) is 0 Å². The lowest BCUT2D eigenvalue weighted by Gasteiger charge is -2.08. The number of hydrogen-bond donors (Lipinski definition) is 0. The van der Waals surface area contributed by atoms with Gasteiger partial charge in [0, 0.05) is 0 Å². The highest BCUT2D eigenvalue weighted by Crippen LogP contribution is 2.33. The zero-order valence-electron chi connectivity index (χ0n) is 9.05. The van der Waals surface area contributed by atoms with E-state index in [2.05, 4.69) is 0 Å². The molecule has 0 N–H and O–H groups in total. The monoisotopic (exact) mass is 262 g/mol. The van der Waals surface area contributed by atoms with E-state index >= 15 is 0 Å². The van der Waals surface area contributed by atoms with E-state index in [9.17, 15) is 4.79 Å². The SMILES string of the molecule is CCOC(=O)Cc1cc(Cl)c(Cl)c(OC)c1. The number of carbonyl (C=O) groups is 1. The summed E-state index contributed by atoms with van der Waals surface area (Å²) in [6.07, 6.45) is 0.154. The van der Waals surface area contributed by atoms with E-state index in [1.807, 2.05) is 0 Å². The maximum absolute atomic E-state index is 11.3. The van der Waals surface area contributed by atoms with Crippen LogP contribution in [0.1, 0.15) is 12.5 Å². The largest absolute Gasteiger partial charge is 0.495 e. The summed E-state index contributed by atoms with van der Waals surface area (Å²) in [5.74, 6) is 0.149. The number of ether oxygens (including phenoxy) is 2. The van der Waals surface area contributed by atoms with E-state index in [1.54, 1.807) is 19.1 Å². The Hall–Kier alpha value is -0.930. The van der Waals surface area contributed by atoms with Crippen LogP contribution in [-0.4, -0.2) is 19.7 Å². The standard InChI is InChI=1S/C11H12Cl2O3/c1-3-16-10(14)6-7-4-8(12)11(13)9(5-7)15-2/h4-5H,3,6H2,1-2H3. The molecule has 0 fully saturated rings. The molecule has 0 aliphatic rings. The van der Waals surface area contributed by atoms with E-state index in [-0.39, 0.29) is 12.4 Å². The average Bonchev–Trinajstić information content (AvgIpc) is 2.23. The molecule has 0 aromatic heterocycles. The van der Waals surface area contributed by atoms with Crippen molar-refractivity contribution in [3.63, 3.8) is 0 Å². The van der Waals surface area contributed by atoms with Crippen LogP contribution in [0.5, 0.6) is 5.75 Å². The number of rotatable bonds is 4. The molecule has 5 heteroatoms. The smallest absolute Gasteiger partial charge is 0.310 e. The molecule has 0 saturated carbocycles. The first kappa shape index (κ1) is 13.1. The Morgan fingerprint density at radius 3 is 2.62 bits per heavy atom. The van der Waals surface area contributed by atoms with Crippen molar-refractivity contribution in [2.24, 2.45) is 0 Å². The first-order valence-corrected chi connectivity index (χ1v) is 5.51. The van der Waals surface area contributed by atoms with Crippen molar-refractivity contribution in [3.8, 4) is 5.75 Å². The minimum absolute atomic E-state index is 0.154. The second-order valence-corrected chi connectivity index (χ2v) is 3.86. The third kappa shape index (κ3) is 3.29. The molecule has 88 valence electrons. The van der Waals surface area contributed by atoms with Crippen LogP contribution in [0.2, 0.25) is 10.0 Å². The molecule has 0 amide bonds. The molecule has 0 aliphatic carbocycles. The zero-order valence-corrected chi connectivity index (χ0v) is 10.6. The van der Waals surface area contributed by atoms with E-state index < -0.39 is 0 Å². The lowest BCUT2D eigenvalue weighted by molar-refractivity contribution is -0.142. The molecule has 0 saturated heterocycles. The van der Waals surface area contributed by atoms with Gasteiger partial charge in [-0.15, -0.1) is 0 Å². The highest BCUT2D eigenvalue weighted by molar-refractivity contribution is 6.43. The number of hydrogen-bond acceptors (Lipinski definition) is 3. The van der Waals surface area contributed by atoms with Crippen LogP contribution in [0.4, 0.5) is 0 Å². The summed E-state index contributed by atoms with van der Waals surface area (Å²) in [4.78, 5) is 11.3. The zero-order chi connectivity index (χ0) is 12.1. The molecule has 0 atom stereocenters. The van der Waals surface area contributed by atoms with Crippen LogP contribution in [0, 0.1) is 0 Å². The molecule has 0 bridgehead atoms. The minimum atomic E-state index is -0.303. The minimum Gasteiger partial charge on any atom is -0.495 e. The summed E-state index contributed by atoms with van der Waals surface area (Å²) in [5, 5.41) is 0.706. The fourth-order valence-corrected chi connectivity index (χ4v) is 1.67. The summed E-state index contributed by atoms with van der Waals surface area (Å²) in [7, 11) is 1.49. The van der Waals surface area contributed by atoms with Gasteiger partial charge in [0.05, 0.1) is 25.2 Å². The van der Waals surface area contributed by atoms with Gasteiger partial charge in [-0.05, 0) is 24.6 Å². The summed E-state index contributed by atoms with van der Waals surface area (Å²) in [6, 6.07) is 3.30. The number of benzene rings is 1. The second-order valence-electron chi connectivity index (χ2n) is 3.08. The van der Waals surface area contributed by atoms with Crippen molar-refractivity contribution in [1.82, 2.24) is 0 Å². The summed E-state index contributed by atoms with van der Waals surface area (Å²) >= 11 is 11.8. The highest BCUT2D eigenvalue weighted by atomic mass is 35.5. The normalized spacial score (nSPS) is 10.0. The molecule has 1 rings (SSSR count). The molecule has 0 aliphatic heterocycles. The van der Waals surface area contributed by atoms with Crippen molar-refractivity contribution >= 4 is 29.2 Å². The number of halogens is 2. The predicted octanol–water partition coefficient (Wildman–Crippen LogP) is 3.11. The fourth-order valence-electron chi connectivity index (χ4n) is 1.25. The van der Waals surface area contributed by atoms with Gasteiger partial charge in [0.15, 0.2) is 0 Å². The van der Waals surface area contributed by atoms with Crippen molar-refractivity contribution in [2.45, 2.75) is 13.3 Å². The van der Waals surface area contributed by atoms with Gasteiger partial charge in [0.1, 0.15) is 10.8 Å². The Labute approximate surface area is 104 Å². The third-order valence-electron chi connectivity index (χ3n) is 1.93. The van der Waals surface area contributed by atoms with Gasteiger partial charge >= 0.3 is 5.97 Å².